The summed E-state index contributed by atoms with van der Waals surface area (Å²) in [4.78, 5) is 16.3. The molecule has 2 aromatic rings. The number of hydrogen-bond donors (Lipinski definition) is 0. The Balaban J connectivity index is 1.93. The number of nitrogens with zero attached hydrogens (tertiary/aromatic N) is 2. The first-order valence-electron chi connectivity index (χ1n) is 6.68. The number of aryl methyl sites for hydroxylation is 1. The zero-order valence-corrected chi connectivity index (χ0v) is 11.2. The second-order valence-electron chi connectivity index (χ2n) is 4.89. The van der Waals surface area contributed by atoms with Gasteiger partial charge >= 0.3 is 0 Å². The highest BCUT2D eigenvalue weighted by Crippen LogP contribution is 2.35. The Hall–Kier alpha value is -2.17. The molecule has 1 aliphatic rings. The number of halogens is 1. The van der Waals surface area contributed by atoms with Crippen LogP contribution in [0.15, 0.2) is 30.7 Å². The van der Waals surface area contributed by atoms with Gasteiger partial charge in [-0.15, -0.1) is 0 Å². The SMILES string of the molecule is CCCn1cncc1C1CC(=O)c2cc(F)ccc2O1. The van der Waals surface area contributed by atoms with Gasteiger partial charge in [0.2, 0.25) is 0 Å². The first-order valence-corrected chi connectivity index (χ1v) is 6.68. The van der Waals surface area contributed by atoms with E-state index in [9.17, 15) is 9.18 Å². The Kier molecular flexibility index (Phi) is 3.26. The number of fused-ring (bicyclic) bond motifs is 1. The molecule has 1 atom stereocenters. The maximum Gasteiger partial charge on any atom is 0.170 e. The Labute approximate surface area is 116 Å². The largest absolute Gasteiger partial charge is 0.483 e. The van der Waals surface area contributed by atoms with Gasteiger partial charge < -0.3 is 9.30 Å². The molecule has 0 bridgehead atoms. The van der Waals surface area contributed by atoms with Crippen molar-refractivity contribution in [3.63, 3.8) is 0 Å². The van der Waals surface area contributed by atoms with E-state index in [0.29, 0.717) is 11.3 Å². The standard InChI is InChI=1S/C15H15FN2O2/c1-2-5-18-9-17-8-12(18)15-7-13(19)11-6-10(16)3-4-14(11)20-15/h3-4,6,8-9,15H,2,5,7H2,1H3. The summed E-state index contributed by atoms with van der Waals surface area (Å²) in [6.45, 7) is 2.91. The van der Waals surface area contributed by atoms with Crippen molar-refractivity contribution >= 4 is 5.78 Å². The molecule has 3 rings (SSSR count). The van der Waals surface area contributed by atoms with Crippen LogP contribution in [0.1, 0.15) is 41.9 Å². The van der Waals surface area contributed by atoms with Crippen molar-refractivity contribution in [1.82, 2.24) is 9.55 Å². The first-order chi connectivity index (χ1) is 9.69. The monoisotopic (exact) mass is 274 g/mol. The summed E-state index contributed by atoms with van der Waals surface area (Å²) in [5.74, 6) is -0.0768. The molecule has 0 saturated carbocycles. The van der Waals surface area contributed by atoms with E-state index < -0.39 is 5.82 Å². The van der Waals surface area contributed by atoms with Crippen LogP contribution in [0.5, 0.6) is 5.75 Å². The van der Waals surface area contributed by atoms with Crippen molar-refractivity contribution < 1.29 is 13.9 Å². The minimum Gasteiger partial charge on any atom is -0.483 e. The molecule has 0 spiro atoms. The van der Waals surface area contributed by atoms with Gasteiger partial charge in [0, 0.05) is 6.54 Å². The summed E-state index contributed by atoms with van der Waals surface area (Å²) in [6, 6.07) is 4.05. The van der Waals surface area contributed by atoms with Crippen LogP contribution in [0, 0.1) is 5.82 Å². The van der Waals surface area contributed by atoms with Gasteiger partial charge in [0.05, 0.1) is 30.2 Å². The molecular formula is C15H15FN2O2. The van der Waals surface area contributed by atoms with Crippen LogP contribution < -0.4 is 4.74 Å². The van der Waals surface area contributed by atoms with Gasteiger partial charge in [-0.05, 0) is 24.6 Å². The van der Waals surface area contributed by atoms with Crippen molar-refractivity contribution in [2.24, 2.45) is 0 Å². The average Bonchev–Trinajstić information content (AvgIpc) is 2.88. The summed E-state index contributed by atoms with van der Waals surface area (Å²) in [5, 5.41) is 0. The molecule has 1 unspecified atom stereocenters. The number of carbonyl (C=O) groups excluding carboxylic acids is 1. The van der Waals surface area contributed by atoms with Crippen LogP contribution in [-0.2, 0) is 6.54 Å². The minimum absolute atomic E-state index is 0.0972. The molecule has 104 valence electrons. The average molecular weight is 274 g/mol. The van der Waals surface area contributed by atoms with E-state index in [2.05, 4.69) is 11.9 Å². The van der Waals surface area contributed by atoms with Gasteiger partial charge in [0.1, 0.15) is 17.7 Å². The molecule has 4 nitrogen and oxygen atoms in total. The predicted octanol–water partition coefficient (Wildman–Crippen LogP) is 3.14. The van der Waals surface area contributed by atoms with E-state index in [1.54, 1.807) is 12.5 Å². The fourth-order valence-electron chi connectivity index (χ4n) is 2.49. The van der Waals surface area contributed by atoms with Gasteiger partial charge in [0.25, 0.3) is 0 Å². The Morgan fingerprint density at radius 1 is 1.50 bits per heavy atom. The highest BCUT2D eigenvalue weighted by molar-refractivity contribution is 5.99. The van der Waals surface area contributed by atoms with Gasteiger partial charge in [-0.3, -0.25) is 4.79 Å². The predicted molar refractivity (Wildman–Crippen MR) is 71.2 cm³/mol. The quantitative estimate of drug-likeness (QED) is 0.863. The lowest BCUT2D eigenvalue weighted by atomic mass is 9.99. The molecule has 0 fully saturated rings. The van der Waals surface area contributed by atoms with Gasteiger partial charge in [0.15, 0.2) is 5.78 Å². The molecule has 0 amide bonds. The molecule has 20 heavy (non-hydrogen) atoms. The summed E-state index contributed by atoms with van der Waals surface area (Å²) < 4.78 is 21.0. The molecule has 0 N–H and O–H groups in total. The normalized spacial score (nSPS) is 17.7. The number of Topliss-reactive ketones (excluding diaryl/α,β-unsaturated/α-hetero) is 1. The van der Waals surface area contributed by atoms with Crippen LogP contribution >= 0.6 is 0 Å². The summed E-state index contributed by atoms with van der Waals surface area (Å²) in [6.07, 6.45) is 4.31. The molecule has 1 aromatic heterocycles. The number of imidazole rings is 1. The van der Waals surface area contributed by atoms with E-state index >= 15 is 0 Å². The lowest BCUT2D eigenvalue weighted by Crippen LogP contribution is -2.22. The highest BCUT2D eigenvalue weighted by Gasteiger charge is 2.29. The fraction of sp³-hybridized carbons (Fsp3) is 0.333. The van der Waals surface area contributed by atoms with E-state index in [4.69, 9.17) is 4.74 Å². The van der Waals surface area contributed by atoms with Crippen LogP contribution in [0.3, 0.4) is 0 Å². The Bertz CT molecular complexity index is 651. The maximum absolute atomic E-state index is 13.2. The Morgan fingerprint density at radius 2 is 2.35 bits per heavy atom. The number of benzene rings is 1. The van der Waals surface area contributed by atoms with E-state index in [-0.39, 0.29) is 18.3 Å². The lowest BCUT2D eigenvalue weighted by molar-refractivity contribution is 0.0838. The summed E-state index contributed by atoms with van der Waals surface area (Å²) in [7, 11) is 0. The van der Waals surface area contributed by atoms with Crippen molar-refractivity contribution in [2.45, 2.75) is 32.4 Å². The third-order valence-electron chi connectivity index (χ3n) is 3.42. The van der Waals surface area contributed by atoms with Crippen LogP contribution in [0.4, 0.5) is 4.39 Å². The molecule has 5 heteroatoms. The molecule has 1 aromatic carbocycles. The fourth-order valence-corrected chi connectivity index (χ4v) is 2.49. The third-order valence-corrected chi connectivity index (χ3v) is 3.42. The molecular weight excluding hydrogens is 259 g/mol. The van der Waals surface area contributed by atoms with Crippen molar-refractivity contribution in [3.8, 4) is 5.75 Å². The van der Waals surface area contributed by atoms with Crippen LogP contribution in [0.25, 0.3) is 0 Å². The highest BCUT2D eigenvalue weighted by atomic mass is 19.1. The number of ether oxygens (including phenoxy) is 1. The molecule has 0 radical (unpaired) electrons. The van der Waals surface area contributed by atoms with Crippen LogP contribution in [0.2, 0.25) is 0 Å². The smallest absolute Gasteiger partial charge is 0.170 e. The second-order valence-corrected chi connectivity index (χ2v) is 4.89. The van der Waals surface area contributed by atoms with E-state index in [1.807, 2.05) is 4.57 Å². The van der Waals surface area contributed by atoms with E-state index in [0.717, 1.165) is 18.7 Å². The number of ketones is 1. The third kappa shape index (κ3) is 2.19. The summed E-state index contributed by atoms with van der Waals surface area (Å²) in [5.41, 5.74) is 1.21. The molecule has 0 aliphatic carbocycles. The van der Waals surface area contributed by atoms with Gasteiger partial charge in [-0.25, -0.2) is 9.37 Å². The lowest BCUT2D eigenvalue weighted by Gasteiger charge is -2.25. The number of rotatable bonds is 3. The Morgan fingerprint density at radius 3 is 3.15 bits per heavy atom. The second kappa shape index (κ2) is 5.07. The van der Waals surface area contributed by atoms with Gasteiger partial charge in [-0.1, -0.05) is 6.92 Å². The number of carbonyl (C=O) groups is 1. The van der Waals surface area contributed by atoms with Crippen LogP contribution in [-0.4, -0.2) is 15.3 Å². The molecule has 1 aliphatic heterocycles. The van der Waals surface area contributed by atoms with Crippen molar-refractivity contribution in [1.29, 1.82) is 0 Å². The number of aromatic nitrogens is 2. The summed E-state index contributed by atoms with van der Waals surface area (Å²) >= 11 is 0. The minimum atomic E-state index is -0.421. The maximum atomic E-state index is 13.2. The van der Waals surface area contributed by atoms with Gasteiger partial charge in [-0.2, -0.15) is 0 Å². The zero-order chi connectivity index (χ0) is 14.1. The topological polar surface area (TPSA) is 44.1 Å². The first kappa shape index (κ1) is 12.8. The van der Waals surface area contributed by atoms with Crippen molar-refractivity contribution in [2.75, 3.05) is 0 Å². The molecule has 2 heterocycles. The molecule has 0 saturated heterocycles. The van der Waals surface area contributed by atoms with E-state index in [1.165, 1.54) is 18.2 Å². The van der Waals surface area contributed by atoms with Crippen molar-refractivity contribution in [3.05, 3.63) is 47.8 Å². The zero-order valence-electron chi connectivity index (χ0n) is 11.2. The number of hydrogen-bond acceptors (Lipinski definition) is 3.